The molecular formula is C12H11ClN2O4S. The summed E-state index contributed by atoms with van der Waals surface area (Å²) >= 11 is 5.86. The molecule has 1 atom stereocenters. The molecule has 1 aliphatic rings. The molecule has 1 aliphatic heterocycles. The van der Waals surface area contributed by atoms with E-state index in [0.717, 1.165) is 0 Å². The molecule has 2 aromatic rings. The van der Waals surface area contributed by atoms with E-state index in [-0.39, 0.29) is 29.1 Å². The molecule has 3 rings (SSSR count). The molecule has 1 N–H and O–H groups in total. The number of hydrogen-bond acceptors (Lipinski definition) is 6. The van der Waals surface area contributed by atoms with E-state index >= 15 is 0 Å². The van der Waals surface area contributed by atoms with Crippen molar-refractivity contribution < 1.29 is 18.0 Å². The van der Waals surface area contributed by atoms with Crippen molar-refractivity contribution in [3.05, 3.63) is 29.0 Å². The highest BCUT2D eigenvalue weighted by Crippen LogP contribution is 2.33. The zero-order valence-electron chi connectivity index (χ0n) is 10.3. The normalized spacial score (nSPS) is 21.1. The number of halogens is 1. The van der Waals surface area contributed by atoms with Gasteiger partial charge in [-0.05, 0) is 24.6 Å². The minimum atomic E-state index is -3.01. The number of aromatic nitrogens is 2. The Kier molecular flexibility index (Phi) is 3.18. The summed E-state index contributed by atoms with van der Waals surface area (Å²) in [7, 11) is -3.01. The van der Waals surface area contributed by atoms with Gasteiger partial charge in [0.25, 0.3) is 5.89 Å². The topological polar surface area (TPSA) is 93.3 Å². The van der Waals surface area contributed by atoms with E-state index in [4.69, 9.17) is 16.1 Å². The largest absolute Gasteiger partial charge is 0.507 e. The number of benzene rings is 1. The number of rotatable bonds is 2. The summed E-state index contributed by atoms with van der Waals surface area (Å²) in [5.74, 6) is 0.379. The van der Waals surface area contributed by atoms with E-state index in [0.29, 0.717) is 22.8 Å². The molecule has 106 valence electrons. The number of phenols is 1. The highest BCUT2D eigenvalue weighted by Gasteiger charge is 2.32. The Balaban J connectivity index is 1.93. The summed E-state index contributed by atoms with van der Waals surface area (Å²) in [6.45, 7) is 0. The van der Waals surface area contributed by atoms with Gasteiger partial charge in [-0.3, -0.25) is 0 Å². The van der Waals surface area contributed by atoms with E-state index in [1.807, 2.05) is 0 Å². The van der Waals surface area contributed by atoms with Gasteiger partial charge in [0.1, 0.15) is 5.75 Å². The van der Waals surface area contributed by atoms with Crippen LogP contribution in [0.15, 0.2) is 22.7 Å². The fourth-order valence-electron chi connectivity index (χ4n) is 2.19. The standard InChI is InChI=1S/C12H11ClN2O4S/c13-8-1-2-10(16)9(5-8)12-14-11(15-19-12)7-3-4-20(17,18)6-7/h1-2,5,7,16H,3-4,6H2. The highest BCUT2D eigenvalue weighted by atomic mass is 35.5. The van der Waals surface area contributed by atoms with Crippen molar-refractivity contribution in [3.8, 4) is 17.2 Å². The van der Waals surface area contributed by atoms with Crippen molar-refractivity contribution in [2.75, 3.05) is 11.5 Å². The van der Waals surface area contributed by atoms with Gasteiger partial charge in [-0.15, -0.1) is 0 Å². The lowest BCUT2D eigenvalue weighted by atomic mass is 10.1. The second-order valence-corrected chi connectivity index (χ2v) is 7.38. The van der Waals surface area contributed by atoms with Crippen LogP contribution < -0.4 is 0 Å². The van der Waals surface area contributed by atoms with Crippen LogP contribution in [-0.4, -0.2) is 35.2 Å². The molecule has 1 saturated heterocycles. The summed E-state index contributed by atoms with van der Waals surface area (Å²) in [5.41, 5.74) is 0.331. The van der Waals surface area contributed by atoms with Crippen molar-refractivity contribution in [3.63, 3.8) is 0 Å². The van der Waals surface area contributed by atoms with Gasteiger partial charge in [-0.1, -0.05) is 16.8 Å². The molecule has 0 radical (unpaired) electrons. The van der Waals surface area contributed by atoms with Crippen LogP contribution >= 0.6 is 11.6 Å². The predicted octanol–water partition coefficient (Wildman–Crippen LogP) is 2.00. The Morgan fingerprint density at radius 1 is 1.40 bits per heavy atom. The lowest BCUT2D eigenvalue weighted by Gasteiger charge is -2.00. The number of phenolic OH excluding ortho intramolecular Hbond substituents is 1. The first kappa shape index (κ1) is 13.4. The van der Waals surface area contributed by atoms with Crippen molar-refractivity contribution >= 4 is 21.4 Å². The Bertz CT molecular complexity index is 757. The van der Waals surface area contributed by atoms with Gasteiger partial charge in [-0.25, -0.2) is 8.42 Å². The van der Waals surface area contributed by atoms with Crippen molar-refractivity contribution in [1.82, 2.24) is 10.1 Å². The second kappa shape index (κ2) is 4.75. The van der Waals surface area contributed by atoms with Gasteiger partial charge < -0.3 is 9.63 Å². The molecule has 1 fully saturated rings. The van der Waals surface area contributed by atoms with E-state index in [1.54, 1.807) is 6.07 Å². The second-order valence-electron chi connectivity index (χ2n) is 4.72. The van der Waals surface area contributed by atoms with Gasteiger partial charge in [-0.2, -0.15) is 4.98 Å². The van der Waals surface area contributed by atoms with Gasteiger partial charge in [0.2, 0.25) is 0 Å². The molecule has 8 heteroatoms. The van der Waals surface area contributed by atoms with Crippen LogP contribution in [0, 0.1) is 0 Å². The minimum absolute atomic E-state index is 0.0244. The van der Waals surface area contributed by atoms with Gasteiger partial charge in [0.15, 0.2) is 15.7 Å². The predicted molar refractivity (Wildman–Crippen MR) is 72.4 cm³/mol. The van der Waals surface area contributed by atoms with Crippen LogP contribution in [0.2, 0.25) is 5.02 Å². The summed E-state index contributed by atoms with van der Waals surface area (Å²) in [6, 6.07) is 4.49. The molecular weight excluding hydrogens is 304 g/mol. The van der Waals surface area contributed by atoms with Crippen LogP contribution in [0.25, 0.3) is 11.5 Å². The summed E-state index contributed by atoms with van der Waals surface area (Å²) in [5, 5.41) is 14.0. The zero-order chi connectivity index (χ0) is 14.3. The fourth-order valence-corrected chi connectivity index (χ4v) is 4.10. The maximum absolute atomic E-state index is 11.4. The van der Waals surface area contributed by atoms with Crippen molar-refractivity contribution in [2.24, 2.45) is 0 Å². The third kappa shape index (κ3) is 2.51. The smallest absolute Gasteiger partial charge is 0.261 e. The van der Waals surface area contributed by atoms with E-state index in [1.165, 1.54) is 12.1 Å². The Morgan fingerprint density at radius 2 is 2.20 bits per heavy atom. The lowest BCUT2D eigenvalue weighted by Crippen LogP contribution is -2.05. The van der Waals surface area contributed by atoms with Crippen LogP contribution in [0.5, 0.6) is 5.75 Å². The van der Waals surface area contributed by atoms with Gasteiger partial charge in [0.05, 0.1) is 17.1 Å². The van der Waals surface area contributed by atoms with Crippen LogP contribution in [-0.2, 0) is 9.84 Å². The molecule has 6 nitrogen and oxygen atoms in total. The monoisotopic (exact) mass is 314 g/mol. The average Bonchev–Trinajstić information content (AvgIpc) is 2.98. The molecule has 1 aromatic carbocycles. The van der Waals surface area contributed by atoms with Crippen LogP contribution in [0.3, 0.4) is 0 Å². The maximum Gasteiger partial charge on any atom is 0.261 e. The van der Waals surface area contributed by atoms with Crippen LogP contribution in [0.1, 0.15) is 18.2 Å². The fraction of sp³-hybridized carbons (Fsp3) is 0.333. The third-order valence-electron chi connectivity index (χ3n) is 3.23. The molecule has 0 bridgehead atoms. The molecule has 0 amide bonds. The number of sulfone groups is 1. The molecule has 0 saturated carbocycles. The molecule has 0 aliphatic carbocycles. The van der Waals surface area contributed by atoms with Gasteiger partial charge >= 0.3 is 0 Å². The van der Waals surface area contributed by atoms with E-state index < -0.39 is 9.84 Å². The number of nitrogens with zero attached hydrogens (tertiary/aromatic N) is 2. The molecule has 1 aromatic heterocycles. The first-order valence-corrected chi connectivity index (χ1v) is 8.17. The molecule has 0 spiro atoms. The first-order chi connectivity index (χ1) is 9.44. The van der Waals surface area contributed by atoms with E-state index in [9.17, 15) is 13.5 Å². The summed E-state index contributed by atoms with van der Waals surface area (Å²) in [4.78, 5) is 4.17. The summed E-state index contributed by atoms with van der Waals surface area (Å²) in [6.07, 6.45) is 0.489. The van der Waals surface area contributed by atoms with Crippen molar-refractivity contribution in [2.45, 2.75) is 12.3 Å². The zero-order valence-corrected chi connectivity index (χ0v) is 11.9. The maximum atomic E-state index is 11.4. The summed E-state index contributed by atoms with van der Waals surface area (Å²) < 4.78 is 28.0. The Labute approximate surface area is 120 Å². The van der Waals surface area contributed by atoms with E-state index in [2.05, 4.69) is 10.1 Å². The number of aromatic hydroxyl groups is 1. The van der Waals surface area contributed by atoms with Crippen molar-refractivity contribution in [1.29, 1.82) is 0 Å². The lowest BCUT2D eigenvalue weighted by molar-refractivity contribution is 0.413. The average molecular weight is 315 g/mol. The minimum Gasteiger partial charge on any atom is -0.507 e. The molecule has 1 unspecified atom stereocenters. The van der Waals surface area contributed by atoms with Gasteiger partial charge in [0, 0.05) is 10.9 Å². The molecule has 20 heavy (non-hydrogen) atoms. The number of hydrogen-bond donors (Lipinski definition) is 1. The molecule has 2 heterocycles. The van der Waals surface area contributed by atoms with Crippen LogP contribution in [0.4, 0.5) is 0 Å². The SMILES string of the molecule is O=S1(=O)CCC(c2noc(-c3cc(Cl)ccc3O)n2)C1. The third-order valence-corrected chi connectivity index (χ3v) is 5.23. The highest BCUT2D eigenvalue weighted by molar-refractivity contribution is 7.91. The quantitative estimate of drug-likeness (QED) is 0.911. The first-order valence-electron chi connectivity index (χ1n) is 5.97. The Hall–Kier alpha value is -1.60. The Morgan fingerprint density at radius 3 is 2.90 bits per heavy atom.